The highest BCUT2D eigenvalue weighted by atomic mass is 79.9. The molecule has 1 aromatic carbocycles. The molecular weight excluding hydrogens is 397 g/mol. The van der Waals surface area contributed by atoms with Gasteiger partial charge in [-0.3, -0.25) is 4.79 Å². The van der Waals surface area contributed by atoms with Crippen LogP contribution >= 0.6 is 31.9 Å². The molecule has 2 aromatic rings. The molecule has 1 heterocycles. The van der Waals surface area contributed by atoms with Gasteiger partial charge in [0.25, 0.3) is 5.56 Å². The number of aromatic nitrogens is 1. The highest BCUT2D eigenvalue weighted by molar-refractivity contribution is 9.10. The van der Waals surface area contributed by atoms with Gasteiger partial charge in [-0.15, -0.1) is 0 Å². The van der Waals surface area contributed by atoms with Gasteiger partial charge in [0.1, 0.15) is 6.54 Å². The van der Waals surface area contributed by atoms with Crippen molar-refractivity contribution in [2.75, 3.05) is 0 Å². The predicted molar refractivity (Wildman–Crippen MR) is 78.1 cm³/mol. The van der Waals surface area contributed by atoms with Crippen molar-refractivity contribution in [2.24, 2.45) is 0 Å². The number of rotatable bonds is 3. The van der Waals surface area contributed by atoms with Crippen LogP contribution in [0.5, 0.6) is 5.75 Å². The number of hydrogen-bond acceptors (Lipinski definition) is 3. The van der Waals surface area contributed by atoms with Crippen LogP contribution in [-0.4, -0.2) is 10.5 Å². The number of halogens is 3. The Morgan fingerprint density at radius 3 is 2.60 bits per heavy atom. The van der Waals surface area contributed by atoms with Crippen molar-refractivity contribution in [1.29, 1.82) is 0 Å². The molecule has 0 aliphatic rings. The Morgan fingerprint density at radius 2 is 1.90 bits per heavy atom. The molecule has 0 fully saturated rings. The molecule has 0 atom stereocenters. The quantitative estimate of drug-likeness (QED) is 0.583. The van der Waals surface area contributed by atoms with E-state index in [1.807, 2.05) is 0 Å². The van der Waals surface area contributed by atoms with Gasteiger partial charge in [0.2, 0.25) is 0 Å². The van der Waals surface area contributed by atoms with Gasteiger partial charge < -0.3 is 9.30 Å². The molecule has 2 rings (SSSR count). The summed E-state index contributed by atoms with van der Waals surface area (Å²) in [5, 5.41) is 0. The summed E-state index contributed by atoms with van der Waals surface area (Å²) in [4.78, 5) is 23.2. The van der Waals surface area contributed by atoms with E-state index in [0.717, 1.165) is 0 Å². The van der Waals surface area contributed by atoms with Gasteiger partial charge in [0.05, 0.1) is 0 Å². The largest absolute Gasteiger partial charge is 0.422 e. The van der Waals surface area contributed by atoms with E-state index in [-0.39, 0.29) is 17.9 Å². The van der Waals surface area contributed by atoms with E-state index >= 15 is 0 Å². The highest BCUT2D eigenvalue weighted by Gasteiger charge is 2.11. The van der Waals surface area contributed by atoms with E-state index in [4.69, 9.17) is 4.74 Å². The summed E-state index contributed by atoms with van der Waals surface area (Å²) in [6.45, 7) is -0.298. The van der Waals surface area contributed by atoms with E-state index < -0.39 is 11.8 Å². The third kappa shape index (κ3) is 3.77. The molecule has 0 N–H and O–H groups in total. The molecule has 7 heteroatoms. The van der Waals surface area contributed by atoms with Gasteiger partial charge in [0, 0.05) is 21.2 Å². The van der Waals surface area contributed by atoms with E-state index in [0.29, 0.717) is 8.95 Å². The number of carbonyl (C=O) groups excluding carboxylic acids is 1. The van der Waals surface area contributed by atoms with Crippen molar-refractivity contribution in [3.8, 4) is 5.75 Å². The van der Waals surface area contributed by atoms with Gasteiger partial charge in [0.15, 0.2) is 11.6 Å². The first-order chi connectivity index (χ1) is 9.45. The molecule has 20 heavy (non-hydrogen) atoms. The van der Waals surface area contributed by atoms with Crippen molar-refractivity contribution < 1.29 is 13.9 Å². The van der Waals surface area contributed by atoms with Crippen LogP contribution in [0.15, 0.2) is 50.3 Å². The number of hydrogen-bond donors (Lipinski definition) is 0. The maximum absolute atomic E-state index is 13.5. The lowest BCUT2D eigenvalue weighted by molar-refractivity contribution is -0.135. The summed E-state index contributed by atoms with van der Waals surface area (Å²) >= 11 is 6.30. The maximum Gasteiger partial charge on any atom is 0.331 e. The van der Waals surface area contributed by atoms with Gasteiger partial charge in [-0.05, 0) is 40.2 Å². The number of esters is 1. The van der Waals surface area contributed by atoms with Crippen molar-refractivity contribution in [3.63, 3.8) is 0 Å². The lowest BCUT2D eigenvalue weighted by atomic mass is 10.3. The number of benzene rings is 1. The molecular formula is C13H8Br2FNO3. The summed E-state index contributed by atoms with van der Waals surface area (Å²) in [7, 11) is 0. The first-order valence-electron chi connectivity index (χ1n) is 5.47. The highest BCUT2D eigenvalue weighted by Crippen LogP contribution is 2.21. The van der Waals surface area contributed by atoms with Crippen molar-refractivity contribution >= 4 is 37.8 Å². The Kier molecular flexibility index (Phi) is 4.72. The summed E-state index contributed by atoms with van der Waals surface area (Å²) in [6.07, 6.45) is 1.46. The van der Waals surface area contributed by atoms with Crippen LogP contribution < -0.4 is 10.3 Å². The van der Waals surface area contributed by atoms with E-state index in [9.17, 15) is 14.0 Å². The summed E-state index contributed by atoms with van der Waals surface area (Å²) in [6, 6.07) is 6.96. The minimum atomic E-state index is -0.730. The normalized spacial score (nSPS) is 10.3. The van der Waals surface area contributed by atoms with E-state index in [2.05, 4.69) is 31.9 Å². The summed E-state index contributed by atoms with van der Waals surface area (Å²) in [5.74, 6) is -1.57. The monoisotopic (exact) mass is 403 g/mol. The number of pyridine rings is 1. The minimum absolute atomic E-state index is 0.179. The molecule has 0 saturated heterocycles. The third-order valence-electron chi connectivity index (χ3n) is 2.36. The second kappa shape index (κ2) is 6.32. The molecule has 0 unspecified atom stereocenters. The maximum atomic E-state index is 13.5. The molecule has 104 valence electrons. The van der Waals surface area contributed by atoms with Crippen molar-refractivity contribution in [1.82, 2.24) is 4.57 Å². The van der Waals surface area contributed by atoms with Gasteiger partial charge in [-0.2, -0.15) is 0 Å². The molecule has 0 saturated carbocycles. The van der Waals surface area contributed by atoms with E-state index in [1.165, 1.54) is 29.0 Å². The number of carbonyl (C=O) groups is 1. The molecule has 4 nitrogen and oxygen atoms in total. The Labute approximate surface area is 130 Å². The van der Waals surface area contributed by atoms with Crippen molar-refractivity contribution in [3.05, 3.63) is 61.6 Å². The Bertz CT molecular complexity index is 715. The van der Waals surface area contributed by atoms with Crippen LogP contribution in [0.4, 0.5) is 4.39 Å². The molecule has 0 spiro atoms. The zero-order chi connectivity index (χ0) is 14.7. The molecule has 0 bridgehead atoms. The molecule has 0 aliphatic carbocycles. The zero-order valence-electron chi connectivity index (χ0n) is 9.98. The van der Waals surface area contributed by atoms with Gasteiger partial charge in [-0.1, -0.05) is 15.9 Å². The average Bonchev–Trinajstić information content (AvgIpc) is 2.37. The topological polar surface area (TPSA) is 48.3 Å². The second-order valence-electron chi connectivity index (χ2n) is 3.86. The lowest BCUT2D eigenvalue weighted by Crippen LogP contribution is -2.25. The van der Waals surface area contributed by atoms with Crippen LogP contribution in [-0.2, 0) is 11.3 Å². The standard InChI is InChI=1S/C13H8Br2FNO3/c14-8-1-3-11(10(16)5-8)20-13(19)7-17-6-9(15)2-4-12(17)18/h1-6H,7H2. The van der Waals surface area contributed by atoms with Crippen molar-refractivity contribution in [2.45, 2.75) is 6.54 Å². The first-order valence-corrected chi connectivity index (χ1v) is 7.06. The fraction of sp³-hybridized carbons (Fsp3) is 0.0769. The zero-order valence-corrected chi connectivity index (χ0v) is 13.1. The van der Waals surface area contributed by atoms with Crippen LogP contribution in [0.1, 0.15) is 0 Å². The SMILES string of the molecule is O=C(Cn1cc(Br)ccc1=O)Oc1ccc(Br)cc1F. The summed E-state index contributed by atoms with van der Waals surface area (Å²) in [5.41, 5.74) is -0.346. The summed E-state index contributed by atoms with van der Waals surface area (Å²) < 4.78 is 20.8. The number of ether oxygens (including phenoxy) is 1. The Hall–Kier alpha value is -1.47. The van der Waals surface area contributed by atoms with Crippen LogP contribution in [0.2, 0.25) is 0 Å². The van der Waals surface area contributed by atoms with Crippen LogP contribution in [0.3, 0.4) is 0 Å². The average molecular weight is 405 g/mol. The third-order valence-corrected chi connectivity index (χ3v) is 3.33. The molecule has 0 aliphatic heterocycles. The van der Waals surface area contributed by atoms with Crippen LogP contribution in [0.25, 0.3) is 0 Å². The fourth-order valence-electron chi connectivity index (χ4n) is 1.48. The van der Waals surface area contributed by atoms with Gasteiger partial charge >= 0.3 is 5.97 Å². The molecule has 0 amide bonds. The smallest absolute Gasteiger partial charge is 0.331 e. The number of nitrogens with zero attached hydrogens (tertiary/aromatic N) is 1. The van der Waals surface area contributed by atoms with Crippen LogP contribution in [0, 0.1) is 5.82 Å². The minimum Gasteiger partial charge on any atom is -0.422 e. The molecule has 1 aromatic heterocycles. The lowest BCUT2D eigenvalue weighted by Gasteiger charge is -2.07. The second-order valence-corrected chi connectivity index (χ2v) is 5.69. The predicted octanol–water partition coefficient (Wildman–Crippen LogP) is 3.12. The fourth-order valence-corrected chi connectivity index (χ4v) is 2.19. The molecule has 0 radical (unpaired) electrons. The first kappa shape index (κ1) is 14.9. The Balaban J connectivity index is 2.13. The van der Waals surface area contributed by atoms with E-state index in [1.54, 1.807) is 12.1 Å². The van der Waals surface area contributed by atoms with Gasteiger partial charge in [-0.25, -0.2) is 9.18 Å². The Morgan fingerprint density at radius 1 is 1.20 bits per heavy atom.